The number of hydrogen-bond donors (Lipinski definition) is 2. The first kappa shape index (κ1) is 16.5. The molecule has 5 rings (SSSR count). The summed E-state index contributed by atoms with van der Waals surface area (Å²) in [6.45, 7) is 1.52. The molecule has 2 N–H and O–H groups in total. The first-order chi connectivity index (χ1) is 13.6. The highest BCUT2D eigenvalue weighted by Crippen LogP contribution is 2.47. The van der Waals surface area contributed by atoms with E-state index in [4.69, 9.17) is 0 Å². The lowest BCUT2D eigenvalue weighted by Gasteiger charge is -2.33. The SMILES string of the molecule is CC(=O)NC1(Cc2ccccc2)c2ccccc2-c2[nH]c(=O)c3nccn3c21. The minimum atomic E-state index is -0.817. The van der Waals surface area contributed by atoms with Crippen molar-refractivity contribution in [1.29, 1.82) is 0 Å². The molecule has 2 aromatic heterocycles. The molecule has 2 heterocycles. The van der Waals surface area contributed by atoms with Gasteiger partial charge in [0, 0.05) is 31.3 Å². The Morgan fingerprint density at radius 3 is 2.68 bits per heavy atom. The van der Waals surface area contributed by atoms with Crippen LogP contribution in [0.3, 0.4) is 0 Å². The maximum absolute atomic E-state index is 12.6. The number of carbonyl (C=O) groups is 1. The van der Waals surface area contributed by atoms with E-state index in [0.717, 1.165) is 28.1 Å². The molecule has 0 aliphatic heterocycles. The normalized spacial score (nSPS) is 17.3. The number of rotatable bonds is 3. The number of nitrogens with zero attached hydrogens (tertiary/aromatic N) is 2. The minimum absolute atomic E-state index is 0.141. The molecule has 0 bridgehead atoms. The highest BCUT2D eigenvalue weighted by Gasteiger charge is 2.46. The molecule has 1 amide bonds. The molecule has 1 atom stereocenters. The van der Waals surface area contributed by atoms with Gasteiger partial charge in [0.15, 0.2) is 0 Å². The van der Waals surface area contributed by atoms with Crippen LogP contribution in [0.25, 0.3) is 16.9 Å². The first-order valence-electron chi connectivity index (χ1n) is 9.12. The Labute approximate surface area is 160 Å². The number of aromatic nitrogens is 3. The summed E-state index contributed by atoms with van der Waals surface area (Å²) in [6, 6.07) is 17.9. The highest BCUT2D eigenvalue weighted by atomic mass is 16.1. The van der Waals surface area contributed by atoms with E-state index in [2.05, 4.69) is 15.3 Å². The van der Waals surface area contributed by atoms with E-state index in [9.17, 15) is 9.59 Å². The molecule has 0 saturated heterocycles. The van der Waals surface area contributed by atoms with Gasteiger partial charge < -0.3 is 10.3 Å². The third-order valence-corrected chi connectivity index (χ3v) is 5.32. The molecule has 0 fully saturated rings. The van der Waals surface area contributed by atoms with Crippen LogP contribution in [-0.2, 0) is 16.8 Å². The number of fused-ring (bicyclic) bond motifs is 5. The number of aromatic amines is 1. The molecule has 1 aliphatic rings. The Morgan fingerprint density at radius 1 is 1.14 bits per heavy atom. The molecule has 6 heteroatoms. The Hall–Kier alpha value is -3.67. The van der Waals surface area contributed by atoms with E-state index >= 15 is 0 Å². The molecule has 1 unspecified atom stereocenters. The quantitative estimate of drug-likeness (QED) is 0.582. The summed E-state index contributed by atoms with van der Waals surface area (Å²) in [5, 5.41) is 3.21. The van der Waals surface area contributed by atoms with Crippen LogP contribution < -0.4 is 10.9 Å². The minimum Gasteiger partial charge on any atom is -0.341 e. The van der Waals surface area contributed by atoms with Crippen molar-refractivity contribution in [1.82, 2.24) is 19.7 Å². The molecule has 0 saturated carbocycles. The number of amides is 1. The molecular formula is C22H18N4O2. The predicted octanol–water partition coefficient (Wildman–Crippen LogP) is 2.63. The van der Waals surface area contributed by atoms with Crippen molar-refractivity contribution in [2.45, 2.75) is 18.9 Å². The molecule has 0 spiro atoms. The van der Waals surface area contributed by atoms with E-state index in [1.807, 2.05) is 54.6 Å². The standard InChI is InChI=1S/C22H18N4O2/c1-14(27)25-22(13-15-7-3-2-4-8-15)17-10-6-5-9-16(17)18-19(22)26-12-11-23-20(26)21(28)24-18/h2-12H,13H2,1H3,(H,24,28)(H,25,27). The zero-order valence-corrected chi connectivity index (χ0v) is 15.3. The zero-order valence-electron chi connectivity index (χ0n) is 15.3. The van der Waals surface area contributed by atoms with Crippen LogP contribution in [0, 0.1) is 0 Å². The van der Waals surface area contributed by atoms with Crippen molar-refractivity contribution in [2.75, 3.05) is 0 Å². The second-order valence-corrected chi connectivity index (χ2v) is 7.09. The summed E-state index contributed by atoms with van der Waals surface area (Å²) in [5.41, 5.74) is 3.73. The third-order valence-electron chi connectivity index (χ3n) is 5.32. The van der Waals surface area contributed by atoms with E-state index in [0.29, 0.717) is 12.1 Å². The Bertz CT molecular complexity index is 1270. The Balaban J connectivity index is 1.90. The van der Waals surface area contributed by atoms with Crippen molar-refractivity contribution in [3.63, 3.8) is 0 Å². The van der Waals surface area contributed by atoms with Crippen molar-refractivity contribution >= 4 is 11.6 Å². The molecule has 138 valence electrons. The fraction of sp³-hybridized carbons (Fsp3) is 0.136. The first-order valence-corrected chi connectivity index (χ1v) is 9.12. The maximum Gasteiger partial charge on any atom is 0.292 e. The number of benzene rings is 2. The fourth-order valence-corrected chi connectivity index (χ4v) is 4.37. The van der Waals surface area contributed by atoms with E-state index in [-0.39, 0.29) is 11.5 Å². The lowest BCUT2D eigenvalue weighted by atomic mass is 9.83. The summed E-state index contributed by atoms with van der Waals surface area (Å²) in [5.74, 6) is -0.141. The fourth-order valence-electron chi connectivity index (χ4n) is 4.37. The molecule has 2 aromatic carbocycles. The number of hydrogen-bond acceptors (Lipinski definition) is 3. The van der Waals surface area contributed by atoms with Crippen LogP contribution >= 0.6 is 0 Å². The van der Waals surface area contributed by atoms with Gasteiger partial charge in [-0.1, -0.05) is 54.6 Å². The predicted molar refractivity (Wildman–Crippen MR) is 106 cm³/mol. The van der Waals surface area contributed by atoms with E-state index in [1.54, 1.807) is 16.8 Å². The number of imidazole rings is 1. The van der Waals surface area contributed by atoms with E-state index in [1.165, 1.54) is 6.92 Å². The Morgan fingerprint density at radius 2 is 1.89 bits per heavy atom. The van der Waals surface area contributed by atoms with Crippen LogP contribution in [0.15, 0.2) is 71.8 Å². The molecular weight excluding hydrogens is 352 g/mol. The van der Waals surface area contributed by atoms with Gasteiger partial charge in [-0.3, -0.25) is 14.0 Å². The van der Waals surface area contributed by atoms with Gasteiger partial charge in [0.1, 0.15) is 5.54 Å². The number of nitrogens with one attached hydrogen (secondary N) is 2. The second-order valence-electron chi connectivity index (χ2n) is 7.09. The highest BCUT2D eigenvalue weighted by molar-refractivity contribution is 5.83. The van der Waals surface area contributed by atoms with Crippen LogP contribution in [-0.4, -0.2) is 20.3 Å². The van der Waals surface area contributed by atoms with Gasteiger partial charge in [-0.2, -0.15) is 0 Å². The average molecular weight is 370 g/mol. The summed E-state index contributed by atoms with van der Waals surface area (Å²) in [6.07, 6.45) is 3.93. The number of H-pyrrole nitrogens is 1. The molecule has 6 nitrogen and oxygen atoms in total. The molecule has 4 aromatic rings. The summed E-state index contributed by atoms with van der Waals surface area (Å²) < 4.78 is 1.80. The van der Waals surface area contributed by atoms with Crippen LogP contribution in [0.1, 0.15) is 23.7 Å². The van der Waals surface area contributed by atoms with Crippen LogP contribution in [0.5, 0.6) is 0 Å². The summed E-state index contributed by atoms with van der Waals surface area (Å²) in [7, 11) is 0. The van der Waals surface area contributed by atoms with E-state index < -0.39 is 5.54 Å². The third kappa shape index (κ3) is 2.24. The van der Waals surface area contributed by atoms with Crippen molar-refractivity contribution < 1.29 is 4.79 Å². The smallest absolute Gasteiger partial charge is 0.292 e. The van der Waals surface area contributed by atoms with Gasteiger partial charge >= 0.3 is 0 Å². The largest absolute Gasteiger partial charge is 0.341 e. The van der Waals surface area contributed by atoms with Crippen molar-refractivity contribution in [3.05, 3.63) is 94.2 Å². The average Bonchev–Trinajstić information content (AvgIpc) is 3.26. The van der Waals surface area contributed by atoms with Gasteiger partial charge in [-0.15, -0.1) is 0 Å². The lowest BCUT2D eigenvalue weighted by molar-refractivity contribution is -0.120. The molecule has 28 heavy (non-hydrogen) atoms. The monoisotopic (exact) mass is 370 g/mol. The molecule has 1 aliphatic carbocycles. The maximum atomic E-state index is 12.6. The van der Waals surface area contributed by atoms with Gasteiger partial charge in [0.25, 0.3) is 5.56 Å². The van der Waals surface area contributed by atoms with Crippen molar-refractivity contribution in [3.8, 4) is 11.3 Å². The summed E-state index contributed by atoms with van der Waals surface area (Å²) in [4.78, 5) is 32.1. The summed E-state index contributed by atoms with van der Waals surface area (Å²) >= 11 is 0. The van der Waals surface area contributed by atoms with Gasteiger partial charge in [0.2, 0.25) is 11.6 Å². The number of carbonyl (C=O) groups excluding carboxylic acids is 1. The lowest BCUT2D eigenvalue weighted by Crippen LogP contribution is -2.47. The second kappa shape index (κ2) is 5.92. The van der Waals surface area contributed by atoms with Gasteiger partial charge in [-0.05, 0) is 11.1 Å². The molecule has 0 radical (unpaired) electrons. The topological polar surface area (TPSA) is 79.3 Å². The van der Waals surface area contributed by atoms with Gasteiger partial charge in [0.05, 0.1) is 11.4 Å². The van der Waals surface area contributed by atoms with Gasteiger partial charge in [-0.25, -0.2) is 4.98 Å². The Kier molecular flexibility index (Phi) is 3.49. The van der Waals surface area contributed by atoms with Crippen molar-refractivity contribution in [2.24, 2.45) is 0 Å². The zero-order chi connectivity index (χ0) is 19.3. The van der Waals surface area contributed by atoms with Crippen LogP contribution in [0.4, 0.5) is 0 Å². The van der Waals surface area contributed by atoms with Crippen LogP contribution in [0.2, 0.25) is 0 Å².